The summed E-state index contributed by atoms with van der Waals surface area (Å²) in [6, 6.07) is 12.8. The summed E-state index contributed by atoms with van der Waals surface area (Å²) in [7, 11) is 0. The minimum atomic E-state index is -0.970. The molecule has 0 aliphatic rings. The van der Waals surface area contributed by atoms with Gasteiger partial charge in [0.1, 0.15) is 0 Å². The van der Waals surface area contributed by atoms with Gasteiger partial charge in [0.25, 0.3) is 0 Å². The Morgan fingerprint density at radius 1 is 0.700 bits per heavy atom. The lowest BCUT2D eigenvalue weighted by atomic mass is 10.0. The molecule has 0 atom stereocenters. The summed E-state index contributed by atoms with van der Waals surface area (Å²) in [5, 5.41) is 17.6. The van der Waals surface area contributed by atoms with E-state index in [9.17, 15) is 9.59 Å². The second kappa shape index (κ2) is 16.8. The number of aromatic carboxylic acids is 2. The Morgan fingerprint density at radius 2 is 1.00 bits per heavy atom. The van der Waals surface area contributed by atoms with Crippen molar-refractivity contribution in [3.63, 3.8) is 0 Å². The predicted octanol–water partition coefficient (Wildman–Crippen LogP) is 7.48. The molecular weight excluding hydrogens is 376 g/mol. The molecule has 0 aliphatic carbocycles. The highest BCUT2D eigenvalue weighted by molar-refractivity contribution is 5.89. The molecule has 2 aromatic rings. The molecule has 2 aromatic carbocycles. The Hall–Kier alpha value is -3.14. The van der Waals surface area contributed by atoms with Gasteiger partial charge >= 0.3 is 11.9 Å². The first-order chi connectivity index (χ1) is 14.4. The summed E-state index contributed by atoms with van der Waals surface area (Å²) in [4.78, 5) is 21.4. The molecule has 4 heteroatoms. The van der Waals surface area contributed by atoms with Crippen LogP contribution >= 0.6 is 0 Å². The van der Waals surface area contributed by atoms with Crippen molar-refractivity contribution in [2.24, 2.45) is 0 Å². The van der Waals surface area contributed by atoms with Crippen LogP contribution in [-0.2, 0) is 0 Å². The van der Waals surface area contributed by atoms with Gasteiger partial charge in [0.2, 0.25) is 0 Å². The molecule has 0 radical (unpaired) electrons. The molecule has 0 aliphatic heterocycles. The molecule has 0 unspecified atom stereocenters. The van der Waals surface area contributed by atoms with Crippen LogP contribution in [0.2, 0.25) is 0 Å². The van der Waals surface area contributed by atoms with E-state index in [1.807, 2.05) is 12.2 Å². The second-order valence-corrected chi connectivity index (χ2v) is 6.63. The van der Waals surface area contributed by atoms with E-state index in [0.29, 0.717) is 0 Å². The quantitative estimate of drug-likeness (QED) is 0.332. The molecule has 2 N–H and O–H groups in total. The molecule has 0 heterocycles. The van der Waals surface area contributed by atoms with Crippen molar-refractivity contribution in [1.82, 2.24) is 0 Å². The van der Waals surface area contributed by atoms with Gasteiger partial charge in [0.15, 0.2) is 0 Å². The fraction of sp³-hybridized carbons (Fsp3) is 0.308. The topological polar surface area (TPSA) is 74.6 Å². The Labute approximate surface area is 180 Å². The molecule has 0 fully saturated rings. The average Bonchev–Trinajstić information content (AvgIpc) is 2.77. The third kappa shape index (κ3) is 11.6. The van der Waals surface area contributed by atoms with Crippen LogP contribution in [0.3, 0.4) is 0 Å². The third-order valence-corrected chi connectivity index (χ3v) is 4.12. The SMILES string of the molecule is C=CCCCC.C=CCCCC.O=C(O)c1ccc(-c2ccc(C(=O)O)cc2)cc1. The first kappa shape index (κ1) is 26.9. The van der Waals surface area contributed by atoms with Gasteiger partial charge in [-0.25, -0.2) is 9.59 Å². The lowest BCUT2D eigenvalue weighted by Crippen LogP contribution is -1.96. The van der Waals surface area contributed by atoms with Crippen molar-refractivity contribution in [1.29, 1.82) is 0 Å². The number of hydrogen-bond acceptors (Lipinski definition) is 2. The Bertz CT molecular complexity index is 691. The van der Waals surface area contributed by atoms with Crippen molar-refractivity contribution in [3.05, 3.63) is 85.0 Å². The van der Waals surface area contributed by atoms with Crippen molar-refractivity contribution >= 4 is 11.9 Å². The van der Waals surface area contributed by atoms with E-state index in [4.69, 9.17) is 10.2 Å². The molecule has 2 rings (SSSR count). The molecule has 0 bridgehead atoms. The lowest BCUT2D eigenvalue weighted by Gasteiger charge is -2.03. The van der Waals surface area contributed by atoms with Crippen LogP contribution in [0.4, 0.5) is 0 Å². The minimum absolute atomic E-state index is 0.223. The van der Waals surface area contributed by atoms with Crippen LogP contribution in [-0.4, -0.2) is 22.2 Å². The van der Waals surface area contributed by atoms with E-state index in [1.165, 1.54) is 62.8 Å². The van der Waals surface area contributed by atoms with Gasteiger partial charge in [-0.2, -0.15) is 0 Å². The summed E-state index contributed by atoms with van der Waals surface area (Å²) in [5.41, 5.74) is 2.13. The number of benzene rings is 2. The number of allylic oxidation sites excluding steroid dienone is 2. The molecule has 30 heavy (non-hydrogen) atoms. The normalized spacial score (nSPS) is 9.27. The first-order valence-electron chi connectivity index (χ1n) is 10.3. The third-order valence-electron chi connectivity index (χ3n) is 4.12. The number of rotatable bonds is 9. The minimum Gasteiger partial charge on any atom is -0.478 e. The van der Waals surface area contributed by atoms with Crippen molar-refractivity contribution in [2.45, 2.75) is 52.4 Å². The summed E-state index contributed by atoms with van der Waals surface area (Å²) < 4.78 is 0. The number of carboxylic acid groups (broad SMARTS) is 2. The molecule has 0 amide bonds. The zero-order valence-electron chi connectivity index (χ0n) is 18.1. The van der Waals surface area contributed by atoms with Gasteiger partial charge in [0, 0.05) is 0 Å². The van der Waals surface area contributed by atoms with Gasteiger partial charge in [-0.05, 0) is 48.2 Å². The Balaban J connectivity index is 0.000000580. The zero-order chi connectivity index (χ0) is 22.8. The van der Waals surface area contributed by atoms with Crippen LogP contribution in [0.15, 0.2) is 73.8 Å². The summed E-state index contributed by atoms with van der Waals surface area (Å²) in [5.74, 6) is -1.94. The van der Waals surface area contributed by atoms with Crippen LogP contribution in [0.1, 0.15) is 73.1 Å². The van der Waals surface area contributed by atoms with Crippen LogP contribution < -0.4 is 0 Å². The average molecular weight is 411 g/mol. The first-order valence-corrected chi connectivity index (χ1v) is 10.3. The highest BCUT2D eigenvalue weighted by atomic mass is 16.4. The fourth-order valence-corrected chi connectivity index (χ4v) is 2.31. The fourth-order valence-electron chi connectivity index (χ4n) is 2.31. The van der Waals surface area contributed by atoms with E-state index < -0.39 is 11.9 Å². The van der Waals surface area contributed by atoms with E-state index in [-0.39, 0.29) is 11.1 Å². The monoisotopic (exact) mass is 410 g/mol. The molecule has 0 saturated carbocycles. The maximum atomic E-state index is 10.7. The highest BCUT2D eigenvalue weighted by Crippen LogP contribution is 2.20. The maximum absolute atomic E-state index is 10.7. The van der Waals surface area contributed by atoms with Gasteiger partial charge in [0.05, 0.1) is 11.1 Å². The Morgan fingerprint density at radius 3 is 1.17 bits per heavy atom. The lowest BCUT2D eigenvalue weighted by molar-refractivity contribution is 0.0686. The number of carboxylic acids is 2. The summed E-state index contributed by atoms with van der Waals surface area (Å²) >= 11 is 0. The second-order valence-electron chi connectivity index (χ2n) is 6.63. The van der Waals surface area contributed by atoms with Gasteiger partial charge in [-0.1, -0.05) is 75.9 Å². The van der Waals surface area contributed by atoms with Crippen LogP contribution in [0, 0.1) is 0 Å². The molecule has 4 nitrogen and oxygen atoms in total. The highest BCUT2D eigenvalue weighted by Gasteiger charge is 2.05. The number of carbonyl (C=O) groups is 2. The van der Waals surface area contributed by atoms with Crippen molar-refractivity contribution in [2.75, 3.05) is 0 Å². The summed E-state index contributed by atoms with van der Waals surface area (Å²) in [6.45, 7) is 11.6. The van der Waals surface area contributed by atoms with E-state index >= 15 is 0 Å². The van der Waals surface area contributed by atoms with E-state index in [1.54, 1.807) is 24.3 Å². The van der Waals surface area contributed by atoms with Crippen molar-refractivity contribution in [3.8, 4) is 11.1 Å². The van der Waals surface area contributed by atoms with Gasteiger partial charge in [-0.15, -0.1) is 13.2 Å². The van der Waals surface area contributed by atoms with E-state index in [2.05, 4.69) is 27.0 Å². The van der Waals surface area contributed by atoms with Gasteiger partial charge in [-0.3, -0.25) is 0 Å². The molecular formula is C26H34O4. The predicted molar refractivity (Wildman–Crippen MR) is 125 cm³/mol. The largest absolute Gasteiger partial charge is 0.478 e. The van der Waals surface area contributed by atoms with Gasteiger partial charge < -0.3 is 10.2 Å². The maximum Gasteiger partial charge on any atom is 0.335 e. The number of unbranched alkanes of at least 4 members (excludes halogenated alkanes) is 4. The van der Waals surface area contributed by atoms with Crippen LogP contribution in [0.5, 0.6) is 0 Å². The number of hydrogen-bond donors (Lipinski definition) is 2. The molecule has 0 aromatic heterocycles. The molecule has 0 saturated heterocycles. The molecule has 162 valence electrons. The standard InChI is InChI=1S/C14H10O4.2C6H12/c15-13(16)11-5-1-9(2-6-11)10-3-7-12(8-4-10)14(17)18;2*1-3-5-6-4-2/h1-8H,(H,15,16)(H,17,18);2*3H,1,4-6H2,2H3. The molecule has 0 spiro atoms. The van der Waals surface area contributed by atoms with Crippen LogP contribution in [0.25, 0.3) is 11.1 Å². The van der Waals surface area contributed by atoms with E-state index in [0.717, 1.165) is 11.1 Å². The Kier molecular flexibility index (Phi) is 15.0. The van der Waals surface area contributed by atoms with Crippen molar-refractivity contribution < 1.29 is 19.8 Å². The zero-order valence-corrected chi connectivity index (χ0v) is 18.1. The smallest absolute Gasteiger partial charge is 0.335 e. The summed E-state index contributed by atoms with van der Waals surface area (Å²) in [6.07, 6.45) is 11.4.